The van der Waals surface area contributed by atoms with Crippen LogP contribution < -0.4 is 5.73 Å². The topological polar surface area (TPSA) is 26.0 Å². The van der Waals surface area contributed by atoms with E-state index in [1.165, 1.54) is 21.9 Å². The molecule has 2 N–H and O–H groups in total. The molecule has 0 saturated heterocycles. The first-order chi connectivity index (χ1) is 9.56. The van der Waals surface area contributed by atoms with Crippen LogP contribution in [0.1, 0.15) is 25.0 Å². The van der Waals surface area contributed by atoms with Crippen LogP contribution in [-0.4, -0.2) is 0 Å². The Morgan fingerprint density at radius 2 is 1.75 bits per heavy atom. The van der Waals surface area contributed by atoms with Gasteiger partial charge in [-0.25, -0.2) is 0 Å². The van der Waals surface area contributed by atoms with Crippen molar-refractivity contribution in [1.82, 2.24) is 0 Å². The lowest BCUT2D eigenvalue weighted by atomic mass is 9.92. The summed E-state index contributed by atoms with van der Waals surface area (Å²) in [6, 6.07) is 13.0. The molecule has 2 aromatic carbocycles. The van der Waals surface area contributed by atoms with Gasteiger partial charge >= 0.3 is 0 Å². The molecule has 0 aromatic heterocycles. The SMILES string of the molecule is C=C(C)C(=C\N)/C(=C\C)c1ccc2cc(C)ccc2c1. The van der Waals surface area contributed by atoms with Crippen LogP contribution in [0, 0.1) is 6.92 Å². The Bertz CT molecular complexity index is 718. The number of hydrogen-bond acceptors (Lipinski definition) is 1. The monoisotopic (exact) mass is 263 g/mol. The van der Waals surface area contributed by atoms with Gasteiger partial charge in [0, 0.05) is 6.20 Å². The summed E-state index contributed by atoms with van der Waals surface area (Å²) in [5.74, 6) is 0. The van der Waals surface area contributed by atoms with Crippen LogP contribution in [0.15, 0.2) is 66.4 Å². The fourth-order valence-corrected chi connectivity index (χ4v) is 2.47. The van der Waals surface area contributed by atoms with Gasteiger partial charge < -0.3 is 5.73 Å². The maximum absolute atomic E-state index is 5.76. The average molecular weight is 263 g/mol. The molecule has 0 spiro atoms. The normalized spacial score (nSPS) is 12.8. The van der Waals surface area contributed by atoms with Gasteiger partial charge in [0.15, 0.2) is 0 Å². The van der Waals surface area contributed by atoms with E-state index in [9.17, 15) is 0 Å². The highest BCUT2D eigenvalue weighted by Crippen LogP contribution is 2.29. The van der Waals surface area contributed by atoms with Crippen molar-refractivity contribution in [3.63, 3.8) is 0 Å². The summed E-state index contributed by atoms with van der Waals surface area (Å²) < 4.78 is 0. The molecule has 0 radical (unpaired) electrons. The van der Waals surface area contributed by atoms with E-state index in [1.807, 2.05) is 13.8 Å². The number of benzene rings is 2. The summed E-state index contributed by atoms with van der Waals surface area (Å²) in [5, 5.41) is 2.50. The summed E-state index contributed by atoms with van der Waals surface area (Å²) in [6.07, 6.45) is 3.72. The molecule has 20 heavy (non-hydrogen) atoms. The largest absolute Gasteiger partial charge is 0.404 e. The highest BCUT2D eigenvalue weighted by Gasteiger charge is 2.08. The van der Waals surface area contributed by atoms with Gasteiger partial charge in [-0.3, -0.25) is 0 Å². The second kappa shape index (κ2) is 5.79. The van der Waals surface area contributed by atoms with Gasteiger partial charge in [-0.15, -0.1) is 0 Å². The molecule has 0 saturated carbocycles. The van der Waals surface area contributed by atoms with Crippen LogP contribution in [0.4, 0.5) is 0 Å². The first-order valence-corrected chi connectivity index (χ1v) is 6.82. The Morgan fingerprint density at radius 1 is 1.10 bits per heavy atom. The lowest BCUT2D eigenvalue weighted by Gasteiger charge is -2.13. The van der Waals surface area contributed by atoms with Crippen LogP contribution in [-0.2, 0) is 0 Å². The average Bonchev–Trinajstić information content (AvgIpc) is 2.43. The zero-order valence-electron chi connectivity index (χ0n) is 12.4. The molecular weight excluding hydrogens is 242 g/mol. The van der Waals surface area contributed by atoms with Crippen molar-refractivity contribution in [2.24, 2.45) is 5.73 Å². The number of allylic oxidation sites excluding steroid dienone is 4. The van der Waals surface area contributed by atoms with E-state index in [1.54, 1.807) is 6.20 Å². The summed E-state index contributed by atoms with van der Waals surface area (Å²) in [7, 11) is 0. The molecule has 0 aliphatic heterocycles. The molecule has 0 amide bonds. The fourth-order valence-electron chi connectivity index (χ4n) is 2.47. The number of aryl methyl sites for hydroxylation is 1. The first-order valence-electron chi connectivity index (χ1n) is 6.82. The van der Waals surface area contributed by atoms with Crippen LogP contribution in [0.25, 0.3) is 16.3 Å². The highest BCUT2D eigenvalue weighted by atomic mass is 14.5. The van der Waals surface area contributed by atoms with Gasteiger partial charge in [0.05, 0.1) is 0 Å². The van der Waals surface area contributed by atoms with Crippen LogP contribution >= 0.6 is 0 Å². The Kier molecular flexibility index (Phi) is 4.09. The number of nitrogens with two attached hydrogens (primary N) is 1. The first kappa shape index (κ1) is 14.1. The Labute approximate surface area is 121 Å². The van der Waals surface area contributed by atoms with E-state index in [-0.39, 0.29) is 0 Å². The maximum atomic E-state index is 5.76. The van der Waals surface area contributed by atoms with Gasteiger partial charge in [0.25, 0.3) is 0 Å². The predicted octanol–water partition coefficient (Wildman–Crippen LogP) is 4.97. The number of hydrogen-bond donors (Lipinski definition) is 1. The van der Waals surface area contributed by atoms with Gasteiger partial charge in [0.1, 0.15) is 0 Å². The predicted molar refractivity (Wildman–Crippen MR) is 89.4 cm³/mol. The van der Waals surface area contributed by atoms with Crippen molar-refractivity contribution in [1.29, 1.82) is 0 Å². The molecule has 1 heteroatoms. The Hall–Kier alpha value is -2.28. The van der Waals surface area contributed by atoms with E-state index in [0.29, 0.717) is 0 Å². The van der Waals surface area contributed by atoms with Gasteiger partial charge in [-0.2, -0.15) is 0 Å². The summed E-state index contributed by atoms with van der Waals surface area (Å²) in [4.78, 5) is 0. The van der Waals surface area contributed by atoms with Crippen LogP contribution in [0.5, 0.6) is 0 Å². The summed E-state index contributed by atoms with van der Waals surface area (Å²) in [6.45, 7) is 10.1. The molecule has 2 aromatic rings. The number of rotatable bonds is 3. The van der Waals surface area contributed by atoms with Gasteiger partial charge in [-0.05, 0) is 59.9 Å². The smallest absolute Gasteiger partial charge is 0.00201 e. The standard InChI is InChI=1S/C19H21N/c1-5-18(19(12-20)13(2)3)17-9-8-15-10-14(4)6-7-16(15)11-17/h5-12H,2,20H2,1,3-4H3/b18-5-,19-12+. The molecule has 0 aliphatic carbocycles. The third-order valence-corrected chi connectivity index (χ3v) is 3.51. The minimum atomic E-state index is 0.976. The van der Waals surface area contributed by atoms with Gasteiger partial charge in [-0.1, -0.05) is 48.6 Å². The Morgan fingerprint density at radius 3 is 2.35 bits per heavy atom. The fraction of sp³-hybridized carbons (Fsp3) is 0.158. The molecular formula is C19H21N. The molecule has 0 atom stereocenters. The quantitative estimate of drug-likeness (QED) is 0.777. The van der Waals surface area contributed by atoms with Gasteiger partial charge in [0.2, 0.25) is 0 Å². The summed E-state index contributed by atoms with van der Waals surface area (Å²) >= 11 is 0. The van der Waals surface area contributed by atoms with Crippen molar-refractivity contribution in [2.45, 2.75) is 20.8 Å². The second-order valence-electron chi connectivity index (χ2n) is 5.13. The molecule has 102 valence electrons. The molecule has 0 heterocycles. The molecule has 0 fully saturated rings. The minimum absolute atomic E-state index is 0.976. The van der Waals surface area contributed by atoms with E-state index < -0.39 is 0 Å². The Balaban J connectivity index is 2.57. The zero-order chi connectivity index (χ0) is 14.7. The highest BCUT2D eigenvalue weighted by molar-refractivity contribution is 5.90. The summed E-state index contributed by atoms with van der Waals surface area (Å²) in [5.41, 5.74) is 11.3. The zero-order valence-corrected chi connectivity index (χ0v) is 12.4. The third kappa shape index (κ3) is 2.67. The van der Waals surface area contributed by atoms with E-state index in [2.05, 4.69) is 56.0 Å². The van der Waals surface area contributed by atoms with Crippen molar-refractivity contribution < 1.29 is 0 Å². The minimum Gasteiger partial charge on any atom is -0.404 e. The second-order valence-corrected chi connectivity index (χ2v) is 5.13. The molecule has 1 nitrogen and oxygen atoms in total. The number of fused-ring (bicyclic) bond motifs is 1. The van der Waals surface area contributed by atoms with Crippen molar-refractivity contribution >= 4 is 16.3 Å². The van der Waals surface area contributed by atoms with Crippen LogP contribution in [0.3, 0.4) is 0 Å². The third-order valence-electron chi connectivity index (χ3n) is 3.51. The maximum Gasteiger partial charge on any atom is 0.00201 e. The van der Waals surface area contributed by atoms with Crippen molar-refractivity contribution in [2.75, 3.05) is 0 Å². The van der Waals surface area contributed by atoms with E-state index >= 15 is 0 Å². The molecule has 0 unspecified atom stereocenters. The van der Waals surface area contributed by atoms with E-state index in [4.69, 9.17) is 5.73 Å². The molecule has 0 aliphatic rings. The molecule has 0 bridgehead atoms. The lowest BCUT2D eigenvalue weighted by Crippen LogP contribution is -1.95. The lowest BCUT2D eigenvalue weighted by molar-refractivity contribution is 1.39. The van der Waals surface area contributed by atoms with Crippen molar-refractivity contribution in [3.05, 3.63) is 77.5 Å². The molecule has 2 rings (SSSR count). The van der Waals surface area contributed by atoms with Crippen LogP contribution in [0.2, 0.25) is 0 Å². The van der Waals surface area contributed by atoms with Crippen molar-refractivity contribution in [3.8, 4) is 0 Å². The van der Waals surface area contributed by atoms with E-state index in [0.717, 1.165) is 16.7 Å².